The number of halogens is 1. The van der Waals surface area contributed by atoms with Gasteiger partial charge in [-0.25, -0.2) is 13.4 Å². The second kappa shape index (κ2) is 13.5. The molecule has 2 saturated heterocycles. The molecule has 2 N–H and O–H groups in total. The van der Waals surface area contributed by atoms with Gasteiger partial charge in [0.15, 0.2) is 15.7 Å². The summed E-state index contributed by atoms with van der Waals surface area (Å²) >= 11 is 6.42. The topological polar surface area (TPSA) is 109 Å². The Hall–Kier alpha value is -3.12. The summed E-state index contributed by atoms with van der Waals surface area (Å²) in [6.45, 7) is 11.4. The molecule has 0 saturated carbocycles. The molecule has 0 bridgehead atoms. The maximum atomic E-state index is 12.9. The molecule has 2 aliphatic heterocycles. The number of benzene rings is 2. The van der Waals surface area contributed by atoms with E-state index in [0.717, 1.165) is 63.6 Å². The van der Waals surface area contributed by atoms with Gasteiger partial charge < -0.3 is 25.0 Å². The minimum absolute atomic E-state index is 0.187. The fourth-order valence-corrected chi connectivity index (χ4v) is 6.69. The van der Waals surface area contributed by atoms with Crippen molar-refractivity contribution in [3.8, 4) is 5.75 Å². The number of nitrogens with zero attached hydrogens (tertiary/aromatic N) is 4. The molecule has 0 unspecified atom stereocenters. The number of rotatable bonds is 10. The van der Waals surface area contributed by atoms with Crippen molar-refractivity contribution in [2.75, 3.05) is 61.5 Å². The lowest BCUT2D eigenvalue weighted by Crippen LogP contribution is -2.49. The molecule has 0 atom stereocenters. The third kappa shape index (κ3) is 6.91. The zero-order valence-electron chi connectivity index (χ0n) is 24.3. The molecule has 0 radical (unpaired) electrons. The number of para-hydroxylation sites is 1. The van der Waals surface area contributed by atoms with E-state index < -0.39 is 15.1 Å². The number of hydrogen-bond acceptors (Lipinski definition) is 10. The van der Waals surface area contributed by atoms with E-state index in [1.165, 1.54) is 6.20 Å². The largest absolute Gasteiger partial charge is 0.492 e. The number of hydrogen-bond donors (Lipinski definition) is 2. The lowest BCUT2D eigenvalue weighted by molar-refractivity contribution is 0.0115. The molecule has 12 heteroatoms. The second-order valence-corrected chi connectivity index (χ2v) is 13.6. The standard InChI is InChI=1S/C30H39ClN6O4S/c1-4-41-27-19-23(36-13-11-22(12-14-36)37-15-17-40-18-16-37)9-10-25(27)34-30-32-20-24(31)29(35-30)33-26-7-5-6-8-28(26)42(38,39)21(2)3/h5-10,19-22H,4,11-18H2,1-3H3,(H2,32,33,34,35). The highest BCUT2D eigenvalue weighted by molar-refractivity contribution is 7.92. The van der Waals surface area contributed by atoms with Crippen LogP contribution in [-0.2, 0) is 14.6 Å². The molecule has 0 amide bonds. The lowest BCUT2D eigenvalue weighted by atomic mass is 10.0. The fourth-order valence-electron chi connectivity index (χ4n) is 5.35. The number of sulfone groups is 1. The van der Waals surface area contributed by atoms with Gasteiger partial charge in [0, 0.05) is 44.0 Å². The van der Waals surface area contributed by atoms with Gasteiger partial charge in [-0.3, -0.25) is 4.90 Å². The Bertz CT molecular complexity index is 1470. The zero-order chi connectivity index (χ0) is 29.7. The van der Waals surface area contributed by atoms with Gasteiger partial charge >= 0.3 is 0 Å². The smallest absolute Gasteiger partial charge is 0.229 e. The molecule has 10 nitrogen and oxygen atoms in total. The van der Waals surface area contributed by atoms with Gasteiger partial charge in [0.25, 0.3) is 0 Å². The summed E-state index contributed by atoms with van der Waals surface area (Å²) in [5.41, 5.74) is 2.24. The summed E-state index contributed by atoms with van der Waals surface area (Å²) in [4.78, 5) is 14.1. The minimum Gasteiger partial charge on any atom is -0.492 e. The zero-order valence-corrected chi connectivity index (χ0v) is 25.9. The predicted octanol–water partition coefficient (Wildman–Crippen LogP) is 5.50. The normalized spacial score (nSPS) is 16.9. The Morgan fingerprint density at radius 3 is 2.50 bits per heavy atom. The lowest BCUT2D eigenvalue weighted by Gasteiger charge is -2.41. The van der Waals surface area contributed by atoms with Crippen molar-refractivity contribution in [3.05, 3.63) is 53.7 Å². The Morgan fingerprint density at radius 1 is 1.05 bits per heavy atom. The van der Waals surface area contributed by atoms with Crippen molar-refractivity contribution in [2.24, 2.45) is 0 Å². The molecule has 5 rings (SSSR count). The van der Waals surface area contributed by atoms with Crippen molar-refractivity contribution in [2.45, 2.75) is 49.8 Å². The minimum atomic E-state index is -3.53. The van der Waals surface area contributed by atoms with Gasteiger partial charge in [0.05, 0.1) is 47.5 Å². The van der Waals surface area contributed by atoms with Crippen LogP contribution in [0.25, 0.3) is 0 Å². The van der Waals surface area contributed by atoms with Crippen LogP contribution in [0.2, 0.25) is 5.02 Å². The molecule has 0 aliphatic carbocycles. The van der Waals surface area contributed by atoms with Crippen LogP contribution in [0.5, 0.6) is 5.75 Å². The average molecular weight is 615 g/mol. The summed E-state index contributed by atoms with van der Waals surface area (Å²) in [6.07, 6.45) is 3.73. The van der Waals surface area contributed by atoms with Gasteiger partial charge in [-0.15, -0.1) is 0 Å². The highest BCUT2D eigenvalue weighted by Gasteiger charge is 2.27. The number of aromatic nitrogens is 2. The van der Waals surface area contributed by atoms with Crippen LogP contribution in [-0.4, -0.2) is 80.6 Å². The van der Waals surface area contributed by atoms with E-state index >= 15 is 0 Å². The van der Waals surface area contributed by atoms with Crippen LogP contribution in [0.15, 0.2) is 53.6 Å². The van der Waals surface area contributed by atoms with E-state index in [-0.39, 0.29) is 9.92 Å². The summed E-state index contributed by atoms with van der Waals surface area (Å²) in [6, 6.07) is 13.5. The number of anilines is 5. The van der Waals surface area contributed by atoms with Gasteiger partial charge in [-0.05, 0) is 57.9 Å². The summed E-state index contributed by atoms with van der Waals surface area (Å²) in [5.74, 6) is 1.29. The summed E-state index contributed by atoms with van der Waals surface area (Å²) in [5, 5.41) is 6.04. The Kier molecular flexibility index (Phi) is 9.72. The summed E-state index contributed by atoms with van der Waals surface area (Å²) in [7, 11) is -3.53. The van der Waals surface area contributed by atoms with E-state index in [2.05, 4.69) is 42.5 Å². The maximum Gasteiger partial charge on any atom is 0.229 e. The second-order valence-electron chi connectivity index (χ2n) is 10.7. The third-order valence-corrected chi connectivity index (χ3v) is 10.2. The molecule has 42 heavy (non-hydrogen) atoms. The number of morpholine rings is 1. The monoisotopic (exact) mass is 614 g/mol. The van der Waals surface area contributed by atoms with Crippen LogP contribution in [0.3, 0.4) is 0 Å². The van der Waals surface area contributed by atoms with Gasteiger partial charge in [0.1, 0.15) is 10.8 Å². The SMILES string of the molecule is CCOc1cc(N2CCC(N3CCOCC3)CC2)ccc1Nc1ncc(Cl)c(Nc2ccccc2S(=O)(=O)C(C)C)n1. The molecule has 3 aromatic rings. The van der Waals surface area contributed by atoms with Crippen molar-refractivity contribution >= 4 is 50.3 Å². The van der Waals surface area contributed by atoms with Crippen molar-refractivity contribution < 1.29 is 17.9 Å². The molecule has 2 aromatic carbocycles. The number of nitrogens with one attached hydrogen (secondary N) is 2. The van der Waals surface area contributed by atoms with E-state index in [4.69, 9.17) is 21.1 Å². The average Bonchev–Trinajstić information content (AvgIpc) is 3.00. The third-order valence-electron chi connectivity index (χ3n) is 7.71. The van der Waals surface area contributed by atoms with Gasteiger partial charge in [-0.2, -0.15) is 4.98 Å². The molecule has 2 aliphatic rings. The summed E-state index contributed by atoms with van der Waals surface area (Å²) < 4.78 is 37.4. The molecular weight excluding hydrogens is 576 g/mol. The van der Waals surface area contributed by atoms with Gasteiger partial charge in [-0.1, -0.05) is 23.7 Å². The highest BCUT2D eigenvalue weighted by Crippen LogP contribution is 2.35. The van der Waals surface area contributed by atoms with Crippen LogP contribution in [0, 0.1) is 0 Å². The molecule has 0 spiro atoms. The Labute approximate surface area is 253 Å². The van der Waals surface area contributed by atoms with E-state index in [1.54, 1.807) is 38.1 Å². The first-order valence-corrected chi connectivity index (χ1v) is 16.4. The molecule has 3 heterocycles. The van der Waals surface area contributed by atoms with Crippen LogP contribution < -0.4 is 20.3 Å². The van der Waals surface area contributed by atoms with E-state index in [1.807, 2.05) is 13.0 Å². The molecular formula is C30H39ClN6O4S. The van der Waals surface area contributed by atoms with Crippen molar-refractivity contribution in [3.63, 3.8) is 0 Å². The molecule has 1 aromatic heterocycles. The van der Waals surface area contributed by atoms with Crippen molar-refractivity contribution in [1.82, 2.24) is 14.9 Å². The first kappa shape index (κ1) is 30.3. The maximum absolute atomic E-state index is 12.9. The van der Waals surface area contributed by atoms with E-state index in [9.17, 15) is 8.42 Å². The van der Waals surface area contributed by atoms with Crippen molar-refractivity contribution in [1.29, 1.82) is 0 Å². The van der Waals surface area contributed by atoms with Crippen LogP contribution in [0.1, 0.15) is 33.6 Å². The van der Waals surface area contributed by atoms with E-state index in [0.29, 0.717) is 35.9 Å². The highest BCUT2D eigenvalue weighted by atomic mass is 35.5. The number of piperidine rings is 1. The first-order chi connectivity index (χ1) is 20.3. The van der Waals surface area contributed by atoms with Gasteiger partial charge in [0.2, 0.25) is 5.95 Å². The Balaban J connectivity index is 1.32. The van der Waals surface area contributed by atoms with Crippen LogP contribution in [0.4, 0.5) is 28.8 Å². The first-order valence-electron chi connectivity index (χ1n) is 14.5. The molecule has 2 fully saturated rings. The number of ether oxygens (including phenoxy) is 2. The fraction of sp³-hybridized carbons (Fsp3) is 0.467. The van der Waals surface area contributed by atoms with Crippen LogP contribution >= 0.6 is 11.6 Å². The quantitative estimate of drug-likeness (QED) is 0.304. The Morgan fingerprint density at radius 2 is 1.79 bits per heavy atom. The predicted molar refractivity (Wildman–Crippen MR) is 168 cm³/mol. The molecule has 226 valence electrons.